The maximum Gasteiger partial charge on any atom is 0.246 e. The molecule has 5 heteroatoms. The van der Waals surface area contributed by atoms with E-state index in [0.717, 1.165) is 39.0 Å². The minimum atomic E-state index is -0.00815. The van der Waals surface area contributed by atoms with Crippen molar-refractivity contribution >= 4 is 5.91 Å². The summed E-state index contributed by atoms with van der Waals surface area (Å²) in [7, 11) is 0. The molecule has 0 unspecified atom stereocenters. The molecule has 2 rings (SSSR count). The standard InChI is InChI=1S/C16H30N2O3/c19-16(13-21-15-7-10-17-11-8-15)18-9-4-12-20-14-5-2-1-3-6-14/h14-15,17H,1-13H2,(H,18,19). The molecule has 1 saturated carbocycles. The van der Waals surface area contributed by atoms with E-state index in [1.54, 1.807) is 0 Å². The van der Waals surface area contributed by atoms with Crippen molar-refractivity contribution in [2.45, 2.75) is 63.6 Å². The van der Waals surface area contributed by atoms with E-state index in [-0.39, 0.29) is 18.6 Å². The minimum Gasteiger partial charge on any atom is -0.378 e. The van der Waals surface area contributed by atoms with Crippen LogP contribution in [-0.2, 0) is 14.3 Å². The summed E-state index contributed by atoms with van der Waals surface area (Å²) in [6.07, 6.45) is 9.95. The van der Waals surface area contributed by atoms with E-state index >= 15 is 0 Å². The van der Waals surface area contributed by atoms with E-state index in [4.69, 9.17) is 9.47 Å². The fourth-order valence-electron chi connectivity index (χ4n) is 2.99. The molecule has 0 aromatic heterocycles. The van der Waals surface area contributed by atoms with Crippen LogP contribution in [0.4, 0.5) is 0 Å². The molecule has 1 heterocycles. The van der Waals surface area contributed by atoms with Gasteiger partial charge in [-0.2, -0.15) is 0 Å². The molecular formula is C16H30N2O3. The van der Waals surface area contributed by atoms with Crippen molar-refractivity contribution in [3.8, 4) is 0 Å². The molecule has 1 aliphatic heterocycles. The molecule has 5 nitrogen and oxygen atoms in total. The fraction of sp³-hybridized carbons (Fsp3) is 0.938. The molecule has 0 spiro atoms. The molecule has 1 saturated heterocycles. The lowest BCUT2D eigenvalue weighted by molar-refractivity contribution is -0.128. The molecular weight excluding hydrogens is 268 g/mol. The van der Waals surface area contributed by atoms with Gasteiger partial charge in [0.25, 0.3) is 0 Å². The topological polar surface area (TPSA) is 59.6 Å². The highest BCUT2D eigenvalue weighted by molar-refractivity contribution is 5.77. The van der Waals surface area contributed by atoms with Gasteiger partial charge in [0.15, 0.2) is 0 Å². The van der Waals surface area contributed by atoms with Crippen molar-refractivity contribution in [3.63, 3.8) is 0 Å². The van der Waals surface area contributed by atoms with Gasteiger partial charge in [0, 0.05) is 13.2 Å². The van der Waals surface area contributed by atoms with Gasteiger partial charge in [0.2, 0.25) is 5.91 Å². The highest BCUT2D eigenvalue weighted by Crippen LogP contribution is 2.20. The summed E-state index contributed by atoms with van der Waals surface area (Å²) >= 11 is 0. The third-order valence-corrected chi connectivity index (χ3v) is 4.29. The molecule has 0 radical (unpaired) electrons. The Balaban J connectivity index is 1.41. The number of hydrogen-bond donors (Lipinski definition) is 2. The molecule has 21 heavy (non-hydrogen) atoms. The van der Waals surface area contributed by atoms with E-state index in [9.17, 15) is 4.79 Å². The maximum atomic E-state index is 11.7. The highest BCUT2D eigenvalue weighted by atomic mass is 16.5. The average Bonchev–Trinajstić information content (AvgIpc) is 2.54. The predicted octanol–water partition coefficient (Wildman–Crippen LogP) is 1.61. The van der Waals surface area contributed by atoms with Gasteiger partial charge in [0.1, 0.15) is 6.61 Å². The Labute approximate surface area is 128 Å². The Hall–Kier alpha value is -0.650. The van der Waals surface area contributed by atoms with Gasteiger partial charge in [-0.3, -0.25) is 4.79 Å². The molecule has 122 valence electrons. The monoisotopic (exact) mass is 298 g/mol. The van der Waals surface area contributed by atoms with E-state index in [1.807, 2.05) is 0 Å². The summed E-state index contributed by atoms with van der Waals surface area (Å²) in [4.78, 5) is 11.7. The van der Waals surface area contributed by atoms with Gasteiger partial charge in [-0.05, 0) is 45.2 Å². The first kappa shape index (κ1) is 16.7. The van der Waals surface area contributed by atoms with Crippen LogP contribution in [0.1, 0.15) is 51.4 Å². The number of piperidine rings is 1. The van der Waals surface area contributed by atoms with Crippen molar-refractivity contribution in [1.29, 1.82) is 0 Å². The highest BCUT2D eigenvalue weighted by Gasteiger charge is 2.15. The van der Waals surface area contributed by atoms with Crippen molar-refractivity contribution < 1.29 is 14.3 Å². The second kappa shape index (κ2) is 10.1. The van der Waals surface area contributed by atoms with Crippen molar-refractivity contribution in [2.24, 2.45) is 0 Å². The zero-order valence-corrected chi connectivity index (χ0v) is 13.1. The molecule has 0 aromatic rings. The molecule has 0 bridgehead atoms. The minimum absolute atomic E-state index is 0.00815. The lowest BCUT2D eigenvalue weighted by Crippen LogP contribution is -2.36. The van der Waals surface area contributed by atoms with Crippen LogP contribution >= 0.6 is 0 Å². The molecule has 0 aromatic carbocycles. The third kappa shape index (κ3) is 7.25. The van der Waals surface area contributed by atoms with E-state index < -0.39 is 0 Å². The number of ether oxygens (including phenoxy) is 2. The van der Waals surface area contributed by atoms with Crippen LogP contribution < -0.4 is 10.6 Å². The maximum absolute atomic E-state index is 11.7. The molecule has 2 fully saturated rings. The summed E-state index contributed by atoms with van der Waals surface area (Å²) in [5, 5.41) is 6.18. The Kier molecular flexibility index (Phi) is 8.07. The Morgan fingerprint density at radius 3 is 2.48 bits per heavy atom. The number of nitrogens with one attached hydrogen (secondary N) is 2. The zero-order valence-electron chi connectivity index (χ0n) is 13.1. The normalized spacial score (nSPS) is 21.3. The summed E-state index contributed by atoms with van der Waals surface area (Å²) in [5.74, 6) is -0.00815. The van der Waals surface area contributed by atoms with Crippen LogP contribution in [0.15, 0.2) is 0 Å². The first-order chi connectivity index (χ1) is 10.3. The molecule has 1 amide bonds. The smallest absolute Gasteiger partial charge is 0.246 e. The van der Waals surface area contributed by atoms with Gasteiger partial charge in [-0.1, -0.05) is 19.3 Å². The number of hydrogen-bond acceptors (Lipinski definition) is 4. The zero-order chi connectivity index (χ0) is 14.8. The lowest BCUT2D eigenvalue weighted by atomic mass is 9.98. The number of amides is 1. The van der Waals surface area contributed by atoms with Crippen molar-refractivity contribution in [1.82, 2.24) is 10.6 Å². The van der Waals surface area contributed by atoms with Crippen LogP contribution in [0.25, 0.3) is 0 Å². The van der Waals surface area contributed by atoms with Gasteiger partial charge >= 0.3 is 0 Å². The van der Waals surface area contributed by atoms with Gasteiger partial charge in [0.05, 0.1) is 12.2 Å². The summed E-state index contributed by atoms with van der Waals surface area (Å²) < 4.78 is 11.4. The summed E-state index contributed by atoms with van der Waals surface area (Å²) in [6, 6.07) is 0. The predicted molar refractivity (Wildman–Crippen MR) is 82.3 cm³/mol. The van der Waals surface area contributed by atoms with E-state index in [2.05, 4.69) is 10.6 Å². The quantitative estimate of drug-likeness (QED) is 0.668. The van der Waals surface area contributed by atoms with E-state index in [1.165, 1.54) is 32.1 Å². The fourth-order valence-corrected chi connectivity index (χ4v) is 2.99. The Bertz CT molecular complexity index is 287. The second-order valence-electron chi connectivity index (χ2n) is 6.09. The lowest BCUT2D eigenvalue weighted by Gasteiger charge is -2.23. The van der Waals surface area contributed by atoms with Crippen LogP contribution in [-0.4, -0.2) is 51.0 Å². The summed E-state index contributed by atoms with van der Waals surface area (Å²) in [5.41, 5.74) is 0. The SMILES string of the molecule is O=C(COC1CCNCC1)NCCCOC1CCCCC1. The van der Waals surface area contributed by atoms with E-state index in [0.29, 0.717) is 12.6 Å². The van der Waals surface area contributed by atoms with Crippen LogP contribution in [0.3, 0.4) is 0 Å². The molecule has 1 aliphatic carbocycles. The number of carbonyl (C=O) groups excluding carboxylic acids is 1. The third-order valence-electron chi connectivity index (χ3n) is 4.29. The van der Waals surface area contributed by atoms with Crippen molar-refractivity contribution in [3.05, 3.63) is 0 Å². The van der Waals surface area contributed by atoms with Crippen molar-refractivity contribution in [2.75, 3.05) is 32.8 Å². The number of rotatable bonds is 8. The second-order valence-corrected chi connectivity index (χ2v) is 6.09. The molecule has 2 N–H and O–H groups in total. The Morgan fingerprint density at radius 2 is 1.71 bits per heavy atom. The van der Waals surface area contributed by atoms with Crippen LogP contribution in [0.2, 0.25) is 0 Å². The van der Waals surface area contributed by atoms with Gasteiger partial charge < -0.3 is 20.1 Å². The van der Waals surface area contributed by atoms with Gasteiger partial charge in [-0.15, -0.1) is 0 Å². The Morgan fingerprint density at radius 1 is 1.00 bits per heavy atom. The molecule has 2 aliphatic rings. The van der Waals surface area contributed by atoms with Gasteiger partial charge in [-0.25, -0.2) is 0 Å². The van der Waals surface area contributed by atoms with Crippen LogP contribution in [0.5, 0.6) is 0 Å². The van der Waals surface area contributed by atoms with Crippen LogP contribution in [0, 0.1) is 0 Å². The summed E-state index contributed by atoms with van der Waals surface area (Å²) in [6.45, 7) is 3.60. The first-order valence-corrected chi connectivity index (χ1v) is 8.55. The first-order valence-electron chi connectivity index (χ1n) is 8.55. The number of carbonyl (C=O) groups is 1. The largest absolute Gasteiger partial charge is 0.378 e. The average molecular weight is 298 g/mol. The molecule has 0 atom stereocenters.